The van der Waals surface area contributed by atoms with Crippen LogP contribution in [0.1, 0.15) is 85.0 Å². The highest BCUT2D eigenvalue weighted by atomic mass is 16.1. The van der Waals surface area contributed by atoms with E-state index in [1.165, 1.54) is 51.4 Å². The summed E-state index contributed by atoms with van der Waals surface area (Å²) in [7, 11) is 0. The molecule has 2 fully saturated rings. The van der Waals surface area contributed by atoms with Crippen molar-refractivity contribution in [2.45, 2.75) is 91.0 Å². The molecule has 1 amide bonds. The van der Waals surface area contributed by atoms with Crippen LogP contribution in [0.4, 0.5) is 0 Å². The van der Waals surface area contributed by atoms with Crippen molar-refractivity contribution in [3.05, 3.63) is 0 Å². The van der Waals surface area contributed by atoms with Crippen LogP contribution in [0, 0.1) is 17.3 Å². The Morgan fingerprint density at radius 3 is 1.90 bits per heavy atom. The van der Waals surface area contributed by atoms with E-state index in [9.17, 15) is 4.79 Å². The van der Waals surface area contributed by atoms with Crippen LogP contribution in [0.25, 0.3) is 0 Å². The van der Waals surface area contributed by atoms with E-state index in [1.807, 2.05) is 0 Å². The van der Waals surface area contributed by atoms with Gasteiger partial charge < -0.3 is 5.32 Å². The monoisotopic (exact) mass is 279 g/mol. The molecule has 20 heavy (non-hydrogen) atoms. The molecule has 2 heteroatoms. The summed E-state index contributed by atoms with van der Waals surface area (Å²) < 4.78 is 0. The molecule has 0 unspecified atom stereocenters. The molecule has 0 aliphatic heterocycles. The fraction of sp³-hybridized carbons (Fsp3) is 0.944. The summed E-state index contributed by atoms with van der Waals surface area (Å²) in [6.07, 6.45) is 12.3. The maximum atomic E-state index is 12.4. The van der Waals surface area contributed by atoms with E-state index >= 15 is 0 Å². The SMILES string of the molecule is CC(C)(C)C1CCC(C(=O)NC2CCCCCC2)CC1. The van der Waals surface area contributed by atoms with Crippen LogP contribution >= 0.6 is 0 Å². The molecule has 0 aromatic carbocycles. The molecule has 0 heterocycles. The Balaban J connectivity index is 1.76. The molecule has 0 bridgehead atoms. The lowest BCUT2D eigenvalue weighted by molar-refractivity contribution is -0.127. The molecule has 2 nitrogen and oxygen atoms in total. The van der Waals surface area contributed by atoms with E-state index in [1.54, 1.807) is 0 Å². The van der Waals surface area contributed by atoms with E-state index in [4.69, 9.17) is 0 Å². The second-order valence-corrected chi connectivity index (χ2v) is 8.11. The van der Waals surface area contributed by atoms with E-state index in [0.29, 0.717) is 17.4 Å². The lowest BCUT2D eigenvalue weighted by atomic mass is 9.69. The van der Waals surface area contributed by atoms with Crippen LogP contribution in [0.3, 0.4) is 0 Å². The van der Waals surface area contributed by atoms with Crippen molar-refractivity contribution in [2.75, 3.05) is 0 Å². The molecule has 2 saturated carbocycles. The Labute approximate surface area is 125 Å². The average Bonchev–Trinajstić information content (AvgIpc) is 2.66. The Kier molecular flexibility index (Phi) is 5.51. The Morgan fingerprint density at radius 2 is 1.40 bits per heavy atom. The van der Waals surface area contributed by atoms with Gasteiger partial charge in [-0.15, -0.1) is 0 Å². The minimum Gasteiger partial charge on any atom is -0.353 e. The predicted octanol–water partition coefficient (Wildman–Crippen LogP) is 4.68. The number of hydrogen-bond acceptors (Lipinski definition) is 1. The van der Waals surface area contributed by atoms with Crippen LogP contribution in [0.15, 0.2) is 0 Å². The third kappa shape index (κ3) is 4.49. The second-order valence-electron chi connectivity index (χ2n) is 8.11. The number of nitrogens with one attached hydrogen (secondary N) is 1. The van der Waals surface area contributed by atoms with Crippen molar-refractivity contribution in [1.29, 1.82) is 0 Å². The molecule has 116 valence electrons. The fourth-order valence-electron chi connectivity index (χ4n) is 3.96. The minimum absolute atomic E-state index is 0.289. The molecule has 0 atom stereocenters. The summed E-state index contributed by atoms with van der Waals surface area (Å²) in [6, 6.07) is 0.463. The van der Waals surface area contributed by atoms with E-state index in [-0.39, 0.29) is 5.92 Å². The van der Waals surface area contributed by atoms with Crippen LogP contribution in [0.2, 0.25) is 0 Å². The average molecular weight is 279 g/mol. The summed E-state index contributed by atoms with van der Waals surface area (Å²) in [5, 5.41) is 3.34. The summed E-state index contributed by atoms with van der Waals surface area (Å²) in [5.74, 6) is 1.44. The van der Waals surface area contributed by atoms with Gasteiger partial charge in [0.05, 0.1) is 0 Å². The van der Waals surface area contributed by atoms with Gasteiger partial charge in [0.25, 0.3) is 0 Å². The largest absolute Gasteiger partial charge is 0.353 e. The number of hydrogen-bond donors (Lipinski definition) is 1. The van der Waals surface area contributed by atoms with Crippen molar-refractivity contribution in [3.8, 4) is 0 Å². The minimum atomic E-state index is 0.289. The summed E-state index contributed by atoms with van der Waals surface area (Å²) in [4.78, 5) is 12.4. The zero-order chi connectivity index (χ0) is 14.6. The standard InChI is InChI=1S/C18H33NO/c1-18(2,3)15-12-10-14(11-13-15)17(20)19-16-8-6-4-5-7-9-16/h14-16H,4-13H2,1-3H3,(H,19,20). The van der Waals surface area contributed by atoms with Gasteiger partial charge in [-0.2, -0.15) is 0 Å². The summed E-state index contributed by atoms with van der Waals surface area (Å²) >= 11 is 0. The smallest absolute Gasteiger partial charge is 0.223 e. The zero-order valence-electron chi connectivity index (χ0n) is 13.7. The third-order valence-corrected chi connectivity index (χ3v) is 5.52. The Bertz CT molecular complexity index is 302. The highest BCUT2D eigenvalue weighted by molar-refractivity contribution is 5.79. The third-order valence-electron chi connectivity index (χ3n) is 5.52. The second kappa shape index (κ2) is 6.95. The zero-order valence-corrected chi connectivity index (χ0v) is 13.7. The van der Waals surface area contributed by atoms with Crippen LogP contribution < -0.4 is 5.32 Å². The first-order chi connectivity index (χ1) is 9.47. The van der Waals surface area contributed by atoms with Gasteiger partial charge in [-0.1, -0.05) is 46.5 Å². The van der Waals surface area contributed by atoms with Gasteiger partial charge in [0.15, 0.2) is 0 Å². The molecule has 0 saturated heterocycles. The van der Waals surface area contributed by atoms with Gasteiger partial charge in [-0.05, 0) is 49.9 Å². The fourth-order valence-corrected chi connectivity index (χ4v) is 3.96. The molecule has 1 N–H and O–H groups in total. The quantitative estimate of drug-likeness (QED) is 0.731. The molecule has 2 rings (SSSR count). The van der Waals surface area contributed by atoms with Gasteiger partial charge in [0, 0.05) is 12.0 Å². The number of amides is 1. The lowest BCUT2D eigenvalue weighted by Gasteiger charge is -2.36. The molecular weight excluding hydrogens is 246 g/mol. The molecular formula is C18H33NO. The first-order valence-corrected chi connectivity index (χ1v) is 8.77. The molecule has 2 aliphatic carbocycles. The Hall–Kier alpha value is -0.530. The van der Waals surface area contributed by atoms with Crippen molar-refractivity contribution >= 4 is 5.91 Å². The van der Waals surface area contributed by atoms with Crippen LogP contribution in [-0.4, -0.2) is 11.9 Å². The predicted molar refractivity (Wildman–Crippen MR) is 84.5 cm³/mol. The van der Waals surface area contributed by atoms with Gasteiger partial charge in [-0.3, -0.25) is 4.79 Å². The van der Waals surface area contributed by atoms with Crippen molar-refractivity contribution in [3.63, 3.8) is 0 Å². The highest BCUT2D eigenvalue weighted by Crippen LogP contribution is 2.39. The maximum Gasteiger partial charge on any atom is 0.223 e. The summed E-state index contributed by atoms with van der Waals surface area (Å²) in [6.45, 7) is 7.01. The maximum absolute atomic E-state index is 12.4. The van der Waals surface area contributed by atoms with E-state index in [0.717, 1.165) is 18.8 Å². The van der Waals surface area contributed by atoms with Gasteiger partial charge >= 0.3 is 0 Å². The molecule has 0 spiro atoms. The number of rotatable bonds is 2. The van der Waals surface area contributed by atoms with Crippen molar-refractivity contribution in [2.24, 2.45) is 17.3 Å². The van der Waals surface area contributed by atoms with E-state index in [2.05, 4.69) is 26.1 Å². The summed E-state index contributed by atoms with van der Waals surface area (Å²) in [5.41, 5.74) is 0.405. The van der Waals surface area contributed by atoms with E-state index < -0.39 is 0 Å². The van der Waals surface area contributed by atoms with Crippen molar-refractivity contribution < 1.29 is 4.79 Å². The molecule has 0 aromatic heterocycles. The molecule has 0 radical (unpaired) electrons. The molecule has 2 aliphatic rings. The lowest BCUT2D eigenvalue weighted by Crippen LogP contribution is -2.40. The van der Waals surface area contributed by atoms with Gasteiger partial charge in [0.1, 0.15) is 0 Å². The normalized spacial score (nSPS) is 29.8. The first-order valence-electron chi connectivity index (χ1n) is 8.77. The number of carbonyl (C=O) groups is 1. The van der Waals surface area contributed by atoms with Gasteiger partial charge in [0.2, 0.25) is 5.91 Å². The van der Waals surface area contributed by atoms with Crippen molar-refractivity contribution in [1.82, 2.24) is 5.32 Å². The van der Waals surface area contributed by atoms with Gasteiger partial charge in [-0.25, -0.2) is 0 Å². The first kappa shape index (κ1) is 15.9. The molecule has 0 aromatic rings. The number of carbonyl (C=O) groups excluding carboxylic acids is 1. The topological polar surface area (TPSA) is 29.1 Å². The Morgan fingerprint density at radius 1 is 0.850 bits per heavy atom. The highest BCUT2D eigenvalue weighted by Gasteiger charge is 2.32. The van der Waals surface area contributed by atoms with Crippen LogP contribution in [0.5, 0.6) is 0 Å². The van der Waals surface area contributed by atoms with Crippen LogP contribution in [-0.2, 0) is 4.79 Å².